The molecule has 0 atom stereocenters. The summed E-state index contributed by atoms with van der Waals surface area (Å²) in [5.41, 5.74) is 4.02. The van der Waals surface area contributed by atoms with Crippen LogP contribution in [0, 0.1) is 22.7 Å². The Kier molecular flexibility index (Phi) is 4.88. The van der Waals surface area contributed by atoms with Gasteiger partial charge in [0.15, 0.2) is 6.29 Å². The number of anilines is 1. The molecule has 1 aliphatic heterocycles. The van der Waals surface area contributed by atoms with Gasteiger partial charge in [-0.3, -0.25) is 0 Å². The first-order chi connectivity index (χ1) is 11.8. The van der Waals surface area contributed by atoms with Crippen LogP contribution in [0.25, 0.3) is 11.1 Å². The zero-order valence-electron chi connectivity index (χ0n) is 12.9. The van der Waals surface area contributed by atoms with Crippen LogP contribution in [0.1, 0.15) is 11.9 Å². The first-order valence-electron chi connectivity index (χ1n) is 7.50. The van der Waals surface area contributed by atoms with E-state index in [1.807, 2.05) is 48.5 Å². The standard InChI is InChI=1S/C19H15N3O2/c20-11-14(12-21)13-22-18-7-5-16(6-8-18)15-1-3-17(4-2-15)19-23-9-10-24-19/h1-8,13,19,22H,9-10H2. The van der Waals surface area contributed by atoms with Crippen LogP contribution < -0.4 is 5.32 Å². The van der Waals surface area contributed by atoms with Gasteiger partial charge in [0.05, 0.1) is 13.2 Å². The first-order valence-corrected chi connectivity index (χ1v) is 7.50. The molecule has 24 heavy (non-hydrogen) atoms. The van der Waals surface area contributed by atoms with Crippen LogP contribution in [0.3, 0.4) is 0 Å². The maximum atomic E-state index is 8.70. The molecule has 0 amide bonds. The fourth-order valence-electron chi connectivity index (χ4n) is 2.39. The first kappa shape index (κ1) is 15.8. The second-order valence-corrected chi connectivity index (χ2v) is 5.20. The lowest BCUT2D eigenvalue weighted by Gasteiger charge is -2.10. The van der Waals surface area contributed by atoms with Crippen LogP contribution in [0.2, 0.25) is 0 Å². The zero-order chi connectivity index (χ0) is 16.8. The lowest BCUT2D eigenvalue weighted by molar-refractivity contribution is -0.0441. The Balaban J connectivity index is 1.70. The van der Waals surface area contributed by atoms with E-state index in [2.05, 4.69) is 5.32 Å². The number of allylic oxidation sites excluding steroid dienone is 1. The van der Waals surface area contributed by atoms with E-state index in [1.165, 1.54) is 6.20 Å². The van der Waals surface area contributed by atoms with Gasteiger partial charge in [-0.25, -0.2) is 0 Å². The van der Waals surface area contributed by atoms with Crippen LogP contribution in [0.15, 0.2) is 60.3 Å². The van der Waals surface area contributed by atoms with Gasteiger partial charge in [-0.05, 0) is 23.3 Å². The molecule has 1 aliphatic rings. The minimum Gasteiger partial charge on any atom is -0.360 e. The summed E-state index contributed by atoms with van der Waals surface area (Å²) in [5, 5.41) is 20.3. The second-order valence-electron chi connectivity index (χ2n) is 5.20. The highest BCUT2D eigenvalue weighted by Crippen LogP contribution is 2.27. The highest BCUT2D eigenvalue weighted by atomic mass is 16.7. The monoisotopic (exact) mass is 317 g/mol. The molecule has 1 heterocycles. The number of hydrogen-bond acceptors (Lipinski definition) is 5. The van der Waals surface area contributed by atoms with Gasteiger partial charge in [-0.15, -0.1) is 0 Å². The van der Waals surface area contributed by atoms with Crippen molar-refractivity contribution >= 4 is 5.69 Å². The van der Waals surface area contributed by atoms with Gasteiger partial charge < -0.3 is 14.8 Å². The molecule has 1 saturated heterocycles. The second kappa shape index (κ2) is 7.43. The summed E-state index contributed by atoms with van der Waals surface area (Å²) in [7, 11) is 0. The van der Waals surface area contributed by atoms with Crippen molar-refractivity contribution in [2.45, 2.75) is 6.29 Å². The molecule has 0 spiro atoms. The Bertz CT molecular complexity index is 790. The third kappa shape index (κ3) is 3.61. The van der Waals surface area contributed by atoms with Crippen molar-refractivity contribution in [2.75, 3.05) is 18.5 Å². The molecule has 0 aliphatic carbocycles. The fourth-order valence-corrected chi connectivity index (χ4v) is 2.39. The van der Waals surface area contributed by atoms with Gasteiger partial charge in [0.1, 0.15) is 17.7 Å². The molecule has 0 unspecified atom stereocenters. The largest absolute Gasteiger partial charge is 0.360 e. The normalized spacial score (nSPS) is 13.8. The maximum Gasteiger partial charge on any atom is 0.184 e. The lowest BCUT2D eigenvalue weighted by Crippen LogP contribution is -1.97. The topological polar surface area (TPSA) is 78.1 Å². The van der Waals surface area contributed by atoms with Crippen LogP contribution in [0.4, 0.5) is 5.69 Å². The van der Waals surface area contributed by atoms with Crippen molar-refractivity contribution in [3.05, 3.63) is 65.9 Å². The van der Waals surface area contributed by atoms with Crippen molar-refractivity contribution in [3.63, 3.8) is 0 Å². The summed E-state index contributed by atoms with van der Waals surface area (Å²) in [6.45, 7) is 1.27. The quantitative estimate of drug-likeness (QED) is 0.869. The van der Waals surface area contributed by atoms with Crippen LogP contribution in [-0.2, 0) is 9.47 Å². The van der Waals surface area contributed by atoms with Crippen LogP contribution in [-0.4, -0.2) is 13.2 Å². The Labute approximate surface area is 140 Å². The van der Waals surface area contributed by atoms with E-state index in [0.717, 1.165) is 22.4 Å². The SMILES string of the molecule is N#CC(C#N)=CNc1ccc(-c2ccc(C3OCCO3)cc2)cc1. The van der Waals surface area contributed by atoms with Crippen molar-refractivity contribution in [3.8, 4) is 23.3 Å². The molecular formula is C19H15N3O2. The Morgan fingerprint density at radius 1 is 0.917 bits per heavy atom. The number of nitrogens with one attached hydrogen (secondary N) is 1. The highest BCUT2D eigenvalue weighted by molar-refractivity contribution is 5.66. The molecule has 2 aromatic carbocycles. The van der Waals surface area contributed by atoms with Gasteiger partial charge in [-0.1, -0.05) is 36.4 Å². The van der Waals surface area contributed by atoms with Crippen molar-refractivity contribution in [1.29, 1.82) is 10.5 Å². The summed E-state index contributed by atoms with van der Waals surface area (Å²) in [6, 6.07) is 19.4. The summed E-state index contributed by atoms with van der Waals surface area (Å²) >= 11 is 0. The fraction of sp³-hybridized carbons (Fsp3) is 0.158. The van der Waals surface area contributed by atoms with Gasteiger partial charge in [0.25, 0.3) is 0 Å². The van der Waals surface area contributed by atoms with Gasteiger partial charge >= 0.3 is 0 Å². The van der Waals surface area contributed by atoms with E-state index < -0.39 is 0 Å². The highest BCUT2D eigenvalue weighted by Gasteiger charge is 2.17. The zero-order valence-corrected chi connectivity index (χ0v) is 12.9. The van der Waals surface area contributed by atoms with Gasteiger partial charge in [0, 0.05) is 17.5 Å². The minimum absolute atomic E-state index is 0.0333. The smallest absolute Gasteiger partial charge is 0.184 e. The third-order valence-electron chi connectivity index (χ3n) is 3.65. The summed E-state index contributed by atoms with van der Waals surface area (Å²) in [4.78, 5) is 0. The molecule has 0 bridgehead atoms. The van der Waals surface area contributed by atoms with E-state index >= 15 is 0 Å². The number of nitriles is 2. The third-order valence-corrected chi connectivity index (χ3v) is 3.65. The molecule has 2 aromatic rings. The molecule has 0 saturated carbocycles. The Morgan fingerprint density at radius 3 is 2.00 bits per heavy atom. The molecule has 5 heteroatoms. The minimum atomic E-state index is -0.258. The number of nitrogens with zero attached hydrogens (tertiary/aromatic N) is 2. The number of ether oxygens (including phenoxy) is 2. The summed E-state index contributed by atoms with van der Waals surface area (Å²) in [6.07, 6.45) is 1.14. The number of rotatable bonds is 4. The summed E-state index contributed by atoms with van der Waals surface area (Å²) in [5.74, 6) is 0. The predicted octanol–water partition coefficient (Wildman–Crippen LogP) is 3.74. The molecule has 118 valence electrons. The van der Waals surface area contributed by atoms with E-state index in [9.17, 15) is 0 Å². The summed E-state index contributed by atoms with van der Waals surface area (Å²) < 4.78 is 11.0. The van der Waals surface area contributed by atoms with Crippen molar-refractivity contribution < 1.29 is 9.47 Å². The van der Waals surface area contributed by atoms with Gasteiger partial charge in [-0.2, -0.15) is 10.5 Å². The van der Waals surface area contributed by atoms with E-state index in [1.54, 1.807) is 12.1 Å². The average Bonchev–Trinajstić information content (AvgIpc) is 3.18. The Hall–Kier alpha value is -3.12. The Morgan fingerprint density at radius 2 is 1.46 bits per heavy atom. The molecule has 0 radical (unpaired) electrons. The number of benzene rings is 2. The molecule has 5 nitrogen and oxygen atoms in total. The predicted molar refractivity (Wildman–Crippen MR) is 89.5 cm³/mol. The maximum absolute atomic E-state index is 8.70. The molecular weight excluding hydrogens is 302 g/mol. The van der Waals surface area contributed by atoms with Crippen LogP contribution in [0.5, 0.6) is 0 Å². The van der Waals surface area contributed by atoms with E-state index in [-0.39, 0.29) is 11.9 Å². The van der Waals surface area contributed by atoms with E-state index in [0.29, 0.717) is 13.2 Å². The molecule has 0 aromatic heterocycles. The van der Waals surface area contributed by atoms with Crippen molar-refractivity contribution in [2.24, 2.45) is 0 Å². The van der Waals surface area contributed by atoms with Crippen molar-refractivity contribution in [1.82, 2.24) is 0 Å². The van der Waals surface area contributed by atoms with Crippen LogP contribution >= 0.6 is 0 Å². The van der Waals surface area contributed by atoms with E-state index in [4.69, 9.17) is 20.0 Å². The average molecular weight is 317 g/mol. The van der Waals surface area contributed by atoms with Gasteiger partial charge in [0.2, 0.25) is 0 Å². The molecule has 1 fully saturated rings. The lowest BCUT2D eigenvalue weighted by atomic mass is 10.0. The molecule has 3 rings (SSSR count). The number of hydrogen-bond donors (Lipinski definition) is 1. The molecule has 1 N–H and O–H groups in total.